The van der Waals surface area contributed by atoms with Gasteiger partial charge in [0.05, 0.1) is 6.10 Å². The zero-order chi connectivity index (χ0) is 7.03. The number of fused-ring (bicyclic) bond motifs is 1. The fourth-order valence-electron chi connectivity index (χ4n) is 2.16. The summed E-state index contributed by atoms with van der Waals surface area (Å²) in [6.45, 7) is 0.890. The van der Waals surface area contributed by atoms with Crippen molar-refractivity contribution in [2.45, 2.75) is 43.7 Å². The lowest BCUT2D eigenvalue weighted by molar-refractivity contribution is 0.0540. The standard InChI is InChI=1S/C8H15NO/c9-8-4-2-1-3-7(8)10-6-5-8/h7H,1-6,9H2. The van der Waals surface area contributed by atoms with Crippen LogP contribution in [0, 0.1) is 0 Å². The van der Waals surface area contributed by atoms with Crippen molar-refractivity contribution in [3.63, 3.8) is 0 Å². The minimum absolute atomic E-state index is 0.0677. The summed E-state index contributed by atoms with van der Waals surface area (Å²) < 4.78 is 5.53. The van der Waals surface area contributed by atoms with Gasteiger partial charge in [0.25, 0.3) is 0 Å². The van der Waals surface area contributed by atoms with Crippen molar-refractivity contribution in [1.82, 2.24) is 0 Å². The van der Waals surface area contributed by atoms with Crippen LogP contribution in [0.5, 0.6) is 0 Å². The minimum Gasteiger partial charge on any atom is -0.376 e. The first kappa shape index (κ1) is 6.62. The molecular formula is C8H15NO. The first-order valence-corrected chi connectivity index (χ1v) is 4.22. The molecule has 1 heterocycles. The number of rotatable bonds is 0. The minimum atomic E-state index is 0.0677. The highest BCUT2D eigenvalue weighted by Crippen LogP contribution is 2.35. The van der Waals surface area contributed by atoms with E-state index in [1.807, 2.05) is 0 Å². The van der Waals surface area contributed by atoms with Gasteiger partial charge >= 0.3 is 0 Å². The lowest BCUT2D eigenvalue weighted by atomic mass is 9.80. The highest BCUT2D eigenvalue weighted by atomic mass is 16.5. The molecular weight excluding hydrogens is 126 g/mol. The summed E-state index contributed by atoms with van der Waals surface area (Å²) in [5.41, 5.74) is 6.21. The average Bonchev–Trinajstić information content (AvgIpc) is 2.29. The maximum absolute atomic E-state index is 6.14. The van der Waals surface area contributed by atoms with E-state index in [0.717, 1.165) is 13.0 Å². The molecule has 0 amide bonds. The maximum Gasteiger partial charge on any atom is 0.0755 e. The molecule has 0 aromatic heterocycles. The second-order valence-corrected chi connectivity index (χ2v) is 3.59. The molecule has 10 heavy (non-hydrogen) atoms. The smallest absolute Gasteiger partial charge is 0.0755 e. The lowest BCUT2D eigenvalue weighted by Gasteiger charge is -2.33. The van der Waals surface area contributed by atoms with E-state index in [2.05, 4.69) is 0 Å². The summed E-state index contributed by atoms with van der Waals surface area (Å²) >= 11 is 0. The first-order valence-electron chi connectivity index (χ1n) is 4.22. The van der Waals surface area contributed by atoms with Crippen LogP contribution in [0.1, 0.15) is 32.1 Å². The summed E-state index contributed by atoms with van der Waals surface area (Å²) in [5.74, 6) is 0. The predicted octanol–water partition coefficient (Wildman–Crippen LogP) is 1.05. The van der Waals surface area contributed by atoms with Gasteiger partial charge < -0.3 is 10.5 Å². The molecule has 2 N–H and O–H groups in total. The summed E-state index contributed by atoms with van der Waals surface area (Å²) in [6.07, 6.45) is 6.45. The molecule has 0 bridgehead atoms. The van der Waals surface area contributed by atoms with Gasteiger partial charge in [-0.1, -0.05) is 12.8 Å². The Bertz CT molecular complexity index is 137. The largest absolute Gasteiger partial charge is 0.376 e. The third-order valence-electron chi connectivity index (χ3n) is 2.89. The van der Waals surface area contributed by atoms with Gasteiger partial charge in [-0.2, -0.15) is 0 Å². The molecule has 2 nitrogen and oxygen atoms in total. The number of hydrogen-bond acceptors (Lipinski definition) is 2. The Morgan fingerprint density at radius 2 is 2.20 bits per heavy atom. The van der Waals surface area contributed by atoms with Gasteiger partial charge in [0.1, 0.15) is 0 Å². The van der Waals surface area contributed by atoms with Crippen molar-refractivity contribution in [2.75, 3.05) is 6.61 Å². The van der Waals surface area contributed by atoms with E-state index in [1.54, 1.807) is 0 Å². The normalized spacial score (nSPS) is 47.1. The summed E-state index contributed by atoms with van der Waals surface area (Å²) in [6, 6.07) is 0. The first-order chi connectivity index (χ1) is 4.81. The Labute approximate surface area is 61.7 Å². The van der Waals surface area contributed by atoms with E-state index in [9.17, 15) is 0 Å². The SMILES string of the molecule is NC12CCCCC1OCC2. The molecule has 1 saturated carbocycles. The molecule has 2 unspecified atom stereocenters. The zero-order valence-corrected chi connectivity index (χ0v) is 6.31. The summed E-state index contributed by atoms with van der Waals surface area (Å²) in [4.78, 5) is 0. The average molecular weight is 141 g/mol. The van der Waals surface area contributed by atoms with Crippen LogP contribution in [0.15, 0.2) is 0 Å². The summed E-state index contributed by atoms with van der Waals surface area (Å²) in [7, 11) is 0. The van der Waals surface area contributed by atoms with Crippen LogP contribution < -0.4 is 5.73 Å². The molecule has 2 aliphatic rings. The number of ether oxygens (including phenoxy) is 1. The number of nitrogens with two attached hydrogens (primary N) is 1. The highest BCUT2D eigenvalue weighted by molar-refractivity contribution is 4.98. The molecule has 58 valence electrons. The lowest BCUT2D eigenvalue weighted by Crippen LogP contribution is -2.49. The number of hydrogen-bond donors (Lipinski definition) is 1. The van der Waals surface area contributed by atoms with Crippen LogP contribution in [0.3, 0.4) is 0 Å². The highest BCUT2D eigenvalue weighted by Gasteiger charge is 2.41. The van der Waals surface area contributed by atoms with Gasteiger partial charge in [-0.05, 0) is 19.3 Å². The zero-order valence-electron chi connectivity index (χ0n) is 6.31. The van der Waals surface area contributed by atoms with Gasteiger partial charge in [-0.25, -0.2) is 0 Å². The van der Waals surface area contributed by atoms with Gasteiger partial charge in [0.2, 0.25) is 0 Å². The van der Waals surface area contributed by atoms with Gasteiger partial charge in [-0.3, -0.25) is 0 Å². The van der Waals surface area contributed by atoms with Crippen LogP contribution in [0.25, 0.3) is 0 Å². The maximum atomic E-state index is 6.14. The van der Waals surface area contributed by atoms with Gasteiger partial charge in [0.15, 0.2) is 0 Å². The van der Waals surface area contributed by atoms with Crippen LogP contribution in [-0.4, -0.2) is 18.2 Å². The molecule has 2 rings (SSSR count). The molecule has 1 aliphatic carbocycles. The van der Waals surface area contributed by atoms with Crippen molar-refractivity contribution < 1.29 is 4.74 Å². The fraction of sp³-hybridized carbons (Fsp3) is 1.00. The molecule has 0 radical (unpaired) electrons. The topological polar surface area (TPSA) is 35.2 Å². The Balaban J connectivity index is 2.10. The van der Waals surface area contributed by atoms with E-state index in [0.29, 0.717) is 6.10 Å². The molecule has 1 saturated heterocycles. The Morgan fingerprint density at radius 3 is 3.00 bits per heavy atom. The Morgan fingerprint density at radius 1 is 1.30 bits per heavy atom. The van der Waals surface area contributed by atoms with E-state index in [1.165, 1.54) is 25.7 Å². The molecule has 0 spiro atoms. The third kappa shape index (κ3) is 0.867. The second kappa shape index (κ2) is 2.21. The van der Waals surface area contributed by atoms with Crippen molar-refractivity contribution in [3.8, 4) is 0 Å². The summed E-state index contributed by atoms with van der Waals surface area (Å²) in [5, 5.41) is 0. The monoisotopic (exact) mass is 141 g/mol. The van der Waals surface area contributed by atoms with E-state index < -0.39 is 0 Å². The molecule has 2 atom stereocenters. The second-order valence-electron chi connectivity index (χ2n) is 3.59. The molecule has 0 aromatic carbocycles. The predicted molar refractivity (Wildman–Crippen MR) is 39.7 cm³/mol. The van der Waals surface area contributed by atoms with E-state index in [-0.39, 0.29) is 5.54 Å². The van der Waals surface area contributed by atoms with E-state index >= 15 is 0 Å². The van der Waals surface area contributed by atoms with Crippen molar-refractivity contribution in [2.24, 2.45) is 5.73 Å². The van der Waals surface area contributed by atoms with Gasteiger partial charge in [-0.15, -0.1) is 0 Å². The third-order valence-corrected chi connectivity index (χ3v) is 2.89. The quantitative estimate of drug-likeness (QED) is 0.547. The molecule has 2 fully saturated rings. The van der Waals surface area contributed by atoms with Crippen LogP contribution >= 0.6 is 0 Å². The van der Waals surface area contributed by atoms with Crippen LogP contribution in [-0.2, 0) is 4.74 Å². The van der Waals surface area contributed by atoms with Crippen molar-refractivity contribution in [3.05, 3.63) is 0 Å². The van der Waals surface area contributed by atoms with Crippen LogP contribution in [0.2, 0.25) is 0 Å². The van der Waals surface area contributed by atoms with Gasteiger partial charge in [0, 0.05) is 12.1 Å². The Kier molecular flexibility index (Phi) is 1.46. The molecule has 1 aliphatic heterocycles. The van der Waals surface area contributed by atoms with Crippen molar-refractivity contribution in [1.29, 1.82) is 0 Å². The fourth-order valence-corrected chi connectivity index (χ4v) is 2.16. The Hall–Kier alpha value is -0.0800. The molecule has 2 heteroatoms. The van der Waals surface area contributed by atoms with E-state index in [4.69, 9.17) is 10.5 Å². The molecule has 0 aromatic rings. The van der Waals surface area contributed by atoms with Crippen molar-refractivity contribution >= 4 is 0 Å². The van der Waals surface area contributed by atoms with Crippen LogP contribution in [0.4, 0.5) is 0 Å².